The molecule has 5 aromatic carbocycles. The number of rotatable bonds is 3. The van der Waals surface area contributed by atoms with E-state index in [-0.39, 0.29) is 35.0 Å². The topological polar surface area (TPSA) is 22.2 Å². The van der Waals surface area contributed by atoms with Gasteiger partial charge in [-0.3, -0.25) is 0 Å². The molecule has 9 rings (SSSR count). The molecule has 0 amide bonds. The molecule has 0 N–H and O–H groups in total. The van der Waals surface area contributed by atoms with E-state index in [2.05, 4.69) is 143 Å². The van der Waals surface area contributed by atoms with Crippen molar-refractivity contribution in [1.29, 1.82) is 0 Å². The largest absolute Gasteiger partial charge is 0.457 e. The highest BCUT2D eigenvalue weighted by atomic mass is 16.5. The van der Waals surface area contributed by atoms with E-state index < -0.39 is 19.4 Å². The van der Waals surface area contributed by atoms with Crippen molar-refractivity contribution in [3.05, 3.63) is 142 Å². The molecule has 3 heterocycles. The number of nitrogens with zero attached hydrogens (tertiary/aromatic N) is 4. The molecule has 1 spiro atoms. The molecular weight excluding hydrogens is 709 g/mol. The Kier molecular flexibility index (Phi) is 6.81. The van der Waals surface area contributed by atoms with E-state index in [1.54, 1.807) is 17.3 Å². The molecule has 5 nitrogen and oxygen atoms in total. The van der Waals surface area contributed by atoms with Crippen LogP contribution in [-0.2, 0) is 27.1 Å². The quantitative estimate of drug-likeness (QED) is 0.178. The van der Waals surface area contributed by atoms with Crippen molar-refractivity contribution >= 4 is 22.7 Å². The molecule has 0 saturated heterocycles. The zero-order valence-electron chi connectivity index (χ0n) is 42.3. The average Bonchev–Trinajstić information content (AvgIpc) is 3.90. The maximum absolute atomic E-state index is 8.82. The fourth-order valence-corrected chi connectivity index (χ4v) is 9.76. The van der Waals surface area contributed by atoms with Gasteiger partial charge in [0, 0.05) is 52.4 Å². The first-order valence-corrected chi connectivity index (χ1v) is 20.7. The minimum atomic E-state index is -2.39. The first kappa shape index (κ1) is 31.8. The summed E-state index contributed by atoms with van der Waals surface area (Å²) in [5.41, 5.74) is 13.9. The molecule has 3 aliphatic heterocycles. The number of anilines is 4. The van der Waals surface area contributed by atoms with Gasteiger partial charge in [-0.1, -0.05) is 132 Å². The molecular formula is C53H62N4O. The number of fused-ring (bicyclic) bond motifs is 9. The van der Waals surface area contributed by atoms with Gasteiger partial charge in [0.15, 0.2) is 0 Å². The first-order chi connectivity index (χ1) is 29.5. The summed E-state index contributed by atoms with van der Waals surface area (Å²) in [5, 5.41) is 0. The first-order valence-electron chi connectivity index (χ1n) is 23.7. The monoisotopic (exact) mass is 777 g/mol. The SMILES string of the molecule is [2H]C([2H])([2H])N1C=CN(c2cccc(Oc3ccc4c(c3)N3CN(C([2H])([2H])[2H])c5cccc(c53)C43c4c(cc(C(C)(C)C)cc4C(C)(C)C)-c4cc(C(C)(C)C)cc(C(C)(C)C)c43)c2)C1. The van der Waals surface area contributed by atoms with Gasteiger partial charge in [-0.05, 0) is 102 Å². The van der Waals surface area contributed by atoms with Gasteiger partial charge >= 0.3 is 0 Å². The molecule has 0 unspecified atom stereocenters. The highest BCUT2D eigenvalue weighted by Crippen LogP contribution is 2.68. The number of ether oxygens (including phenoxy) is 1. The fraction of sp³-hybridized carbons (Fsp3) is 0.396. The summed E-state index contributed by atoms with van der Waals surface area (Å²) < 4.78 is 56.9. The fourth-order valence-electron chi connectivity index (χ4n) is 9.76. The second kappa shape index (κ2) is 12.4. The highest BCUT2D eigenvalue weighted by Gasteiger charge is 2.57. The van der Waals surface area contributed by atoms with E-state index in [9.17, 15) is 0 Å². The predicted octanol–water partition coefficient (Wildman–Crippen LogP) is 13.1. The molecule has 0 bridgehead atoms. The van der Waals surface area contributed by atoms with Gasteiger partial charge in [-0.25, -0.2) is 0 Å². The summed E-state index contributed by atoms with van der Waals surface area (Å²) in [6.07, 6.45) is 3.36. The molecule has 0 saturated carbocycles. The van der Waals surface area contributed by atoms with E-state index in [0.717, 1.165) is 28.2 Å². The predicted molar refractivity (Wildman–Crippen MR) is 245 cm³/mol. The number of hydrogen-bond acceptors (Lipinski definition) is 5. The average molecular weight is 777 g/mol. The Bertz CT molecular complexity index is 2680. The molecule has 0 fully saturated rings. The van der Waals surface area contributed by atoms with Crippen LogP contribution in [0.3, 0.4) is 0 Å². The highest BCUT2D eigenvalue weighted by molar-refractivity contribution is 6.00. The van der Waals surface area contributed by atoms with E-state index in [0.29, 0.717) is 17.2 Å². The van der Waals surface area contributed by atoms with Crippen LogP contribution in [0.25, 0.3) is 11.1 Å². The molecule has 4 aliphatic rings. The third kappa shape index (κ3) is 5.70. The van der Waals surface area contributed by atoms with Crippen LogP contribution in [0.5, 0.6) is 11.5 Å². The summed E-state index contributed by atoms with van der Waals surface area (Å²) >= 11 is 0. The molecule has 5 aromatic rings. The Morgan fingerprint density at radius 1 is 0.569 bits per heavy atom. The minimum absolute atomic E-state index is 0.127. The Morgan fingerprint density at radius 3 is 1.76 bits per heavy atom. The Morgan fingerprint density at radius 2 is 1.19 bits per heavy atom. The smallest absolute Gasteiger partial charge is 0.129 e. The molecule has 5 heteroatoms. The summed E-state index contributed by atoms with van der Waals surface area (Å²) in [5.74, 6) is 1.21. The standard InChI is InChI=1S/C53H62N4O/c1-49(2,3)33-25-38-39-26-34(50(4,5)6)28-43(52(10,11)12)47(39)53(46(38)42(27-33)51(7,8)9)40-22-21-37(58-36-18-15-17-35(29-36)56-24-23-54(13)31-56)30-45(40)57-32-55(14)44-20-16-19-41(53)48(44)57/h15-30H,31-32H2,1-14H3/i13D3,14D3. The van der Waals surface area contributed by atoms with Gasteiger partial charge < -0.3 is 24.3 Å². The third-order valence-electron chi connectivity index (χ3n) is 12.7. The second-order valence-electron chi connectivity index (χ2n) is 21.0. The Balaban J connectivity index is 1.36. The molecule has 58 heavy (non-hydrogen) atoms. The summed E-state index contributed by atoms with van der Waals surface area (Å²) in [6, 6.07) is 30.1. The van der Waals surface area contributed by atoms with E-state index in [1.165, 1.54) is 49.4 Å². The van der Waals surface area contributed by atoms with Crippen LogP contribution in [0.4, 0.5) is 22.7 Å². The van der Waals surface area contributed by atoms with Crippen molar-refractivity contribution in [3.8, 4) is 22.6 Å². The van der Waals surface area contributed by atoms with Crippen molar-refractivity contribution in [1.82, 2.24) is 4.90 Å². The van der Waals surface area contributed by atoms with Crippen LogP contribution in [0.1, 0.15) is 136 Å². The summed E-state index contributed by atoms with van der Waals surface area (Å²) in [7, 11) is 0. The van der Waals surface area contributed by atoms with Gasteiger partial charge in [0.2, 0.25) is 0 Å². The van der Waals surface area contributed by atoms with E-state index >= 15 is 0 Å². The third-order valence-corrected chi connectivity index (χ3v) is 12.7. The molecule has 1 aliphatic carbocycles. The molecule has 0 atom stereocenters. The number of hydrogen-bond donors (Lipinski definition) is 0. The van der Waals surface area contributed by atoms with Crippen LogP contribution in [0.15, 0.2) is 97.3 Å². The molecule has 0 aromatic heterocycles. The van der Waals surface area contributed by atoms with Gasteiger partial charge in [0.1, 0.15) is 11.5 Å². The zero-order chi connectivity index (χ0) is 46.5. The minimum Gasteiger partial charge on any atom is -0.457 e. The van der Waals surface area contributed by atoms with Gasteiger partial charge in [-0.15, -0.1) is 0 Å². The summed E-state index contributed by atoms with van der Waals surface area (Å²) in [4.78, 5) is 6.97. The summed E-state index contributed by atoms with van der Waals surface area (Å²) in [6.45, 7) is 23.4. The lowest BCUT2D eigenvalue weighted by Crippen LogP contribution is -2.40. The van der Waals surface area contributed by atoms with Gasteiger partial charge in [0.25, 0.3) is 0 Å². The Labute approximate surface area is 356 Å². The lowest BCUT2D eigenvalue weighted by molar-refractivity contribution is 0.480. The van der Waals surface area contributed by atoms with Crippen molar-refractivity contribution < 1.29 is 13.0 Å². The second-order valence-corrected chi connectivity index (χ2v) is 21.0. The van der Waals surface area contributed by atoms with Crippen LogP contribution < -0.4 is 19.4 Å². The Hall–Kier alpha value is -5.16. The van der Waals surface area contributed by atoms with E-state index in [1.807, 2.05) is 35.2 Å². The number of benzene rings is 5. The van der Waals surface area contributed by atoms with E-state index in [4.69, 9.17) is 13.0 Å². The normalized spacial score (nSPS) is 18.6. The van der Waals surface area contributed by atoms with Crippen LogP contribution in [0.2, 0.25) is 0 Å². The number of para-hydroxylation sites is 1. The zero-order valence-corrected chi connectivity index (χ0v) is 36.3. The molecule has 300 valence electrons. The van der Waals surface area contributed by atoms with Crippen molar-refractivity contribution in [2.45, 2.75) is 110 Å². The van der Waals surface area contributed by atoms with Crippen molar-refractivity contribution in [2.75, 3.05) is 42.0 Å². The lowest BCUT2D eigenvalue weighted by Gasteiger charge is -2.46. The van der Waals surface area contributed by atoms with Crippen LogP contribution in [0, 0.1) is 0 Å². The van der Waals surface area contributed by atoms with Gasteiger partial charge in [0.05, 0.1) is 35.8 Å². The maximum Gasteiger partial charge on any atom is 0.129 e. The lowest BCUT2D eigenvalue weighted by atomic mass is 9.59. The van der Waals surface area contributed by atoms with Crippen LogP contribution in [-0.4, -0.2) is 32.2 Å². The van der Waals surface area contributed by atoms with Crippen molar-refractivity contribution in [3.63, 3.8) is 0 Å². The van der Waals surface area contributed by atoms with Gasteiger partial charge in [-0.2, -0.15) is 0 Å². The maximum atomic E-state index is 8.82. The van der Waals surface area contributed by atoms with Crippen molar-refractivity contribution in [2.24, 2.45) is 0 Å². The molecule has 0 radical (unpaired) electrons. The van der Waals surface area contributed by atoms with Crippen LogP contribution >= 0.6 is 0 Å².